The molecule has 0 aromatic heterocycles. The van der Waals surface area contributed by atoms with E-state index in [1.54, 1.807) is 13.0 Å². The molecule has 1 aromatic carbocycles. The van der Waals surface area contributed by atoms with Crippen molar-refractivity contribution in [1.82, 2.24) is 0 Å². The Balaban J connectivity index is 2.95. The normalized spacial score (nSPS) is 11.5. The number of rotatable bonds is 2. The molecule has 0 saturated heterocycles. The summed E-state index contributed by atoms with van der Waals surface area (Å²) in [5, 5.41) is 0. The van der Waals surface area contributed by atoms with Crippen LogP contribution in [0.4, 0.5) is 4.39 Å². The van der Waals surface area contributed by atoms with Gasteiger partial charge >= 0.3 is 0 Å². The molecule has 0 fully saturated rings. The van der Waals surface area contributed by atoms with Crippen molar-refractivity contribution in [3.63, 3.8) is 0 Å². The van der Waals surface area contributed by atoms with Crippen molar-refractivity contribution < 1.29 is 4.39 Å². The number of hydrogen-bond donors (Lipinski definition) is 0. The van der Waals surface area contributed by atoms with Crippen LogP contribution in [-0.4, -0.2) is 0 Å². The van der Waals surface area contributed by atoms with Gasteiger partial charge in [-0.05, 0) is 30.0 Å². The highest BCUT2D eigenvalue weighted by molar-refractivity contribution is 5.53. The van der Waals surface area contributed by atoms with Gasteiger partial charge in [0.25, 0.3) is 0 Å². The minimum absolute atomic E-state index is 0.133. The van der Waals surface area contributed by atoms with E-state index >= 15 is 0 Å². The summed E-state index contributed by atoms with van der Waals surface area (Å²) in [6.07, 6.45) is 4.05. The molecule has 70 valence electrons. The summed E-state index contributed by atoms with van der Waals surface area (Å²) < 4.78 is 13.1. The second-order valence-corrected chi connectivity index (χ2v) is 3.56. The third kappa shape index (κ3) is 2.69. The summed E-state index contributed by atoms with van der Waals surface area (Å²) in [6, 6.07) is 5.15. The zero-order valence-corrected chi connectivity index (χ0v) is 8.34. The standard InChI is InChI=1S/C12H15F/c1-9(2)7-8-11-5-4-6-12(13)10(11)3/h4-9H,1-3H3. The molecule has 0 heterocycles. The van der Waals surface area contributed by atoms with Gasteiger partial charge in [-0.1, -0.05) is 38.1 Å². The zero-order valence-electron chi connectivity index (χ0n) is 8.34. The summed E-state index contributed by atoms with van der Waals surface area (Å²) in [4.78, 5) is 0. The molecule has 0 atom stereocenters. The highest BCUT2D eigenvalue weighted by Crippen LogP contribution is 2.14. The average Bonchev–Trinajstić information content (AvgIpc) is 2.07. The van der Waals surface area contributed by atoms with Crippen LogP contribution >= 0.6 is 0 Å². The maximum Gasteiger partial charge on any atom is 0.126 e. The Labute approximate surface area is 79.1 Å². The summed E-state index contributed by atoms with van der Waals surface area (Å²) in [6.45, 7) is 6.01. The third-order valence-corrected chi connectivity index (χ3v) is 1.97. The molecule has 1 aromatic rings. The van der Waals surface area contributed by atoms with Crippen molar-refractivity contribution in [3.8, 4) is 0 Å². The van der Waals surface area contributed by atoms with Crippen molar-refractivity contribution >= 4 is 6.08 Å². The minimum Gasteiger partial charge on any atom is -0.207 e. The van der Waals surface area contributed by atoms with Crippen LogP contribution in [0.5, 0.6) is 0 Å². The largest absolute Gasteiger partial charge is 0.207 e. The second kappa shape index (κ2) is 4.22. The highest BCUT2D eigenvalue weighted by Gasteiger charge is 1.99. The van der Waals surface area contributed by atoms with E-state index in [1.165, 1.54) is 6.07 Å². The van der Waals surface area contributed by atoms with E-state index < -0.39 is 0 Å². The predicted molar refractivity (Wildman–Crippen MR) is 55.0 cm³/mol. The Morgan fingerprint density at radius 1 is 1.31 bits per heavy atom. The topological polar surface area (TPSA) is 0 Å². The molecule has 0 aliphatic carbocycles. The summed E-state index contributed by atoms with van der Waals surface area (Å²) in [7, 11) is 0. The number of hydrogen-bond acceptors (Lipinski definition) is 0. The lowest BCUT2D eigenvalue weighted by Gasteiger charge is -2.01. The Hall–Kier alpha value is -1.11. The van der Waals surface area contributed by atoms with E-state index in [0.29, 0.717) is 5.92 Å². The molecule has 13 heavy (non-hydrogen) atoms. The van der Waals surface area contributed by atoms with E-state index in [9.17, 15) is 4.39 Å². The summed E-state index contributed by atoms with van der Waals surface area (Å²) >= 11 is 0. The molecule has 0 radical (unpaired) electrons. The second-order valence-electron chi connectivity index (χ2n) is 3.56. The van der Waals surface area contributed by atoms with E-state index in [2.05, 4.69) is 19.9 Å². The first-order valence-corrected chi connectivity index (χ1v) is 4.54. The average molecular weight is 178 g/mol. The molecule has 0 nitrogen and oxygen atoms in total. The maximum atomic E-state index is 13.1. The Morgan fingerprint density at radius 2 is 2.00 bits per heavy atom. The van der Waals surface area contributed by atoms with Gasteiger partial charge in [0, 0.05) is 0 Å². The van der Waals surface area contributed by atoms with Crippen LogP contribution in [-0.2, 0) is 0 Å². The van der Waals surface area contributed by atoms with Crippen LogP contribution in [0.1, 0.15) is 25.0 Å². The Kier molecular flexibility index (Phi) is 3.24. The maximum absolute atomic E-state index is 13.1. The smallest absolute Gasteiger partial charge is 0.126 e. The van der Waals surface area contributed by atoms with Gasteiger partial charge in [0.05, 0.1) is 0 Å². The first kappa shape index (κ1) is 9.97. The molecule has 0 bridgehead atoms. The Bertz CT molecular complexity index is 311. The van der Waals surface area contributed by atoms with Gasteiger partial charge in [-0.3, -0.25) is 0 Å². The van der Waals surface area contributed by atoms with Crippen molar-refractivity contribution in [2.75, 3.05) is 0 Å². The van der Waals surface area contributed by atoms with E-state index in [0.717, 1.165) is 11.1 Å². The molecule has 1 rings (SSSR count). The predicted octanol–water partition coefficient (Wildman–Crippen LogP) is 3.80. The molecule has 0 aliphatic rings. The van der Waals surface area contributed by atoms with Crippen LogP contribution in [0.3, 0.4) is 0 Å². The lowest BCUT2D eigenvalue weighted by atomic mass is 10.1. The van der Waals surface area contributed by atoms with Crippen LogP contribution in [0.2, 0.25) is 0 Å². The van der Waals surface area contributed by atoms with Gasteiger partial charge in [-0.25, -0.2) is 4.39 Å². The van der Waals surface area contributed by atoms with E-state index in [1.807, 2.05) is 12.1 Å². The van der Waals surface area contributed by atoms with Gasteiger partial charge < -0.3 is 0 Å². The molecule has 0 unspecified atom stereocenters. The summed E-state index contributed by atoms with van der Waals surface area (Å²) in [5.41, 5.74) is 1.69. The van der Waals surface area contributed by atoms with Gasteiger partial charge in [0.15, 0.2) is 0 Å². The minimum atomic E-state index is -0.133. The lowest BCUT2D eigenvalue weighted by molar-refractivity contribution is 0.618. The molecule has 0 N–H and O–H groups in total. The molecule has 0 aliphatic heterocycles. The Morgan fingerprint density at radius 3 is 2.62 bits per heavy atom. The van der Waals surface area contributed by atoms with Gasteiger partial charge in [-0.2, -0.15) is 0 Å². The van der Waals surface area contributed by atoms with Crippen molar-refractivity contribution in [2.24, 2.45) is 5.92 Å². The molecular weight excluding hydrogens is 163 g/mol. The number of halogens is 1. The van der Waals surface area contributed by atoms with E-state index in [-0.39, 0.29) is 5.82 Å². The van der Waals surface area contributed by atoms with Crippen LogP contribution in [0, 0.1) is 18.7 Å². The molecule has 0 saturated carbocycles. The molecular formula is C12H15F. The third-order valence-electron chi connectivity index (χ3n) is 1.97. The van der Waals surface area contributed by atoms with Crippen molar-refractivity contribution in [3.05, 3.63) is 41.2 Å². The molecule has 0 amide bonds. The fraction of sp³-hybridized carbons (Fsp3) is 0.333. The van der Waals surface area contributed by atoms with Crippen LogP contribution < -0.4 is 0 Å². The molecule has 0 spiro atoms. The zero-order chi connectivity index (χ0) is 9.84. The fourth-order valence-electron chi connectivity index (χ4n) is 1.10. The van der Waals surface area contributed by atoms with Crippen molar-refractivity contribution in [1.29, 1.82) is 0 Å². The van der Waals surface area contributed by atoms with Gasteiger partial charge in [0.1, 0.15) is 5.82 Å². The fourth-order valence-corrected chi connectivity index (χ4v) is 1.10. The van der Waals surface area contributed by atoms with Crippen LogP contribution in [0.15, 0.2) is 24.3 Å². The van der Waals surface area contributed by atoms with Crippen molar-refractivity contribution in [2.45, 2.75) is 20.8 Å². The lowest BCUT2D eigenvalue weighted by Crippen LogP contribution is -1.86. The first-order chi connectivity index (χ1) is 6.11. The molecule has 1 heteroatoms. The SMILES string of the molecule is Cc1c(F)cccc1C=CC(C)C. The monoisotopic (exact) mass is 178 g/mol. The van der Waals surface area contributed by atoms with E-state index in [4.69, 9.17) is 0 Å². The van der Waals surface area contributed by atoms with Gasteiger partial charge in [0.2, 0.25) is 0 Å². The summed E-state index contributed by atoms with van der Waals surface area (Å²) in [5.74, 6) is 0.369. The quantitative estimate of drug-likeness (QED) is 0.646. The highest BCUT2D eigenvalue weighted by atomic mass is 19.1. The number of benzene rings is 1. The van der Waals surface area contributed by atoms with Gasteiger partial charge in [-0.15, -0.1) is 0 Å². The first-order valence-electron chi connectivity index (χ1n) is 4.54. The van der Waals surface area contributed by atoms with Crippen LogP contribution in [0.25, 0.3) is 6.08 Å². The number of allylic oxidation sites excluding steroid dienone is 1.